The minimum Gasteiger partial charge on any atom is -0.364 e. The lowest BCUT2D eigenvalue weighted by Gasteiger charge is -2.41. The number of ketones is 1. The lowest BCUT2D eigenvalue weighted by atomic mass is 9.85. The van der Waals surface area contributed by atoms with Crippen LogP contribution in [0.1, 0.15) is 39.0 Å². The lowest BCUT2D eigenvalue weighted by Crippen LogP contribution is -2.54. The Bertz CT molecular complexity index is 749. The number of aromatic nitrogens is 1. The van der Waals surface area contributed by atoms with E-state index >= 15 is 0 Å². The zero-order chi connectivity index (χ0) is 19.0. The quantitative estimate of drug-likeness (QED) is 0.786. The van der Waals surface area contributed by atoms with Crippen LogP contribution in [0.2, 0.25) is 0 Å². The highest BCUT2D eigenvalue weighted by Gasteiger charge is 2.55. The maximum Gasteiger partial charge on any atom is 0.228 e. The lowest BCUT2D eigenvalue weighted by molar-refractivity contribution is -0.133. The smallest absolute Gasteiger partial charge is 0.228 e. The Morgan fingerprint density at radius 1 is 1.33 bits per heavy atom. The summed E-state index contributed by atoms with van der Waals surface area (Å²) in [5.41, 5.74) is 0.291. The van der Waals surface area contributed by atoms with Crippen molar-refractivity contribution in [2.45, 2.75) is 50.6 Å². The van der Waals surface area contributed by atoms with Gasteiger partial charge in [0, 0.05) is 38.3 Å². The number of amides is 2. The molecule has 2 atom stereocenters. The first kappa shape index (κ1) is 17.9. The molecular weight excluding hydrogens is 344 g/mol. The molecule has 1 aromatic heterocycles. The molecule has 0 spiro atoms. The van der Waals surface area contributed by atoms with Gasteiger partial charge in [0.15, 0.2) is 5.78 Å². The van der Waals surface area contributed by atoms with E-state index < -0.39 is 5.54 Å². The van der Waals surface area contributed by atoms with Gasteiger partial charge < -0.3 is 15.1 Å². The van der Waals surface area contributed by atoms with Crippen molar-refractivity contribution < 1.29 is 14.4 Å². The normalized spacial score (nSPS) is 28.4. The SMILES string of the molecule is C[C@H]1CN(C(=O)CCC2(C3CC3)NC(=O)CC2=O)CCN1c1cccnc1. The molecule has 0 radical (unpaired) electrons. The fraction of sp³-hybridized carbons (Fsp3) is 0.600. The first-order chi connectivity index (χ1) is 13.0. The molecule has 1 N–H and O–H groups in total. The number of Topliss-reactive ketones (excluding diaryl/α,β-unsaturated/α-hetero) is 1. The van der Waals surface area contributed by atoms with Crippen molar-refractivity contribution in [2.24, 2.45) is 5.92 Å². The Balaban J connectivity index is 1.35. The van der Waals surface area contributed by atoms with E-state index in [9.17, 15) is 14.4 Å². The van der Waals surface area contributed by atoms with Gasteiger partial charge in [0.05, 0.1) is 18.3 Å². The van der Waals surface area contributed by atoms with Crippen LogP contribution in [0.15, 0.2) is 24.5 Å². The van der Waals surface area contributed by atoms with Gasteiger partial charge >= 0.3 is 0 Å². The van der Waals surface area contributed by atoms with Crippen LogP contribution < -0.4 is 10.2 Å². The van der Waals surface area contributed by atoms with Gasteiger partial charge in [-0.25, -0.2) is 0 Å². The fourth-order valence-corrected chi connectivity index (χ4v) is 4.53. The number of hydrogen-bond acceptors (Lipinski definition) is 5. The third-order valence-corrected chi connectivity index (χ3v) is 6.15. The van der Waals surface area contributed by atoms with Gasteiger partial charge in [-0.05, 0) is 44.2 Å². The summed E-state index contributed by atoms with van der Waals surface area (Å²) in [5, 5.41) is 2.90. The molecule has 1 aliphatic carbocycles. The molecule has 2 aliphatic heterocycles. The van der Waals surface area contributed by atoms with Crippen molar-refractivity contribution in [1.29, 1.82) is 0 Å². The fourth-order valence-electron chi connectivity index (χ4n) is 4.53. The van der Waals surface area contributed by atoms with E-state index in [0.717, 1.165) is 25.1 Å². The van der Waals surface area contributed by atoms with Crippen LogP contribution in [0.5, 0.6) is 0 Å². The van der Waals surface area contributed by atoms with Crippen LogP contribution in [0, 0.1) is 5.92 Å². The van der Waals surface area contributed by atoms with E-state index in [1.165, 1.54) is 0 Å². The molecule has 144 valence electrons. The number of nitrogens with zero attached hydrogens (tertiary/aromatic N) is 3. The molecule has 3 fully saturated rings. The highest BCUT2D eigenvalue weighted by Crippen LogP contribution is 2.45. The molecule has 1 unspecified atom stereocenters. The molecule has 3 heterocycles. The number of nitrogens with one attached hydrogen (secondary N) is 1. The second-order valence-corrected chi connectivity index (χ2v) is 7.99. The van der Waals surface area contributed by atoms with Crippen molar-refractivity contribution in [2.75, 3.05) is 24.5 Å². The van der Waals surface area contributed by atoms with Crippen LogP contribution in [0.4, 0.5) is 5.69 Å². The zero-order valence-electron chi connectivity index (χ0n) is 15.7. The van der Waals surface area contributed by atoms with E-state index in [1.807, 2.05) is 23.2 Å². The Labute approximate surface area is 159 Å². The summed E-state index contributed by atoms with van der Waals surface area (Å²) in [7, 11) is 0. The zero-order valence-corrected chi connectivity index (χ0v) is 15.7. The summed E-state index contributed by atoms with van der Waals surface area (Å²) in [6.45, 7) is 4.19. The molecule has 7 nitrogen and oxygen atoms in total. The summed E-state index contributed by atoms with van der Waals surface area (Å²) in [4.78, 5) is 45.3. The minimum atomic E-state index is -0.782. The van der Waals surface area contributed by atoms with Gasteiger partial charge in [-0.1, -0.05) is 0 Å². The molecule has 4 rings (SSSR count). The maximum atomic E-state index is 12.8. The number of piperazine rings is 1. The van der Waals surface area contributed by atoms with Gasteiger partial charge in [-0.3, -0.25) is 19.4 Å². The van der Waals surface area contributed by atoms with Crippen LogP contribution in [-0.2, 0) is 14.4 Å². The Morgan fingerprint density at radius 3 is 2.74 bits per heavy atom. The summed E-state index contributed by atoms with van der Waals surface area (Å²) >= 11 is 0. The number of carbonyl (C=O) groups is 3. The molecule has 27 heavy (non-hydrogen) atoms. The van der Waals surface area contributed by atoms with Crippen molar-refractivity contribution in [3.63, 3.8) is 0 Å². The highest BCUT2D eigenvalue weighted by molar-refractivity contribution is 6.10. The Hall–Kier alpha value is -2.44. The van der Waals surface area contributed by atoms with E-state index in [2.05, 4.69) is 22.1 Å². The second kappa shape index (κ2) is 6.94. The van der Waals surface area contributed by atoms with Crippen molar-refractivity contribution in [1.82, 2.24) is 15.2 Å². The summed E-state index contributed by atoms with van der Waals surface area (Å²) < 4.78 is 0. The average molecular weight is 370 g/mol. The van der Waals surface area contributed by atoms with Gasteiger partial charge in [0.25, 0.3) is 0 Å². The van der Waals surface area contributed by atoms with Crippen LogP contribution in [0.3, 0.4) is 0 Å². The predicted octanol–water partition coefficient (Wildman–Crippen LogP) is 1.14. The van der Waals surface area contributed by atoms with E-state index in [0.29, 0.717) is 25.9 Å². The van der Waals surface area contributed by atoms with Crippen molar-refractivity contribution in [3.05, 3.63) is 24.5 Å². The topological polar surface area (TPSA) is 82.6 Å². The molecule has 0 aromatic carbocycles. The van der Waals surface area contributed by atoms with E-state index in [-0.39, 0.29) is 36.0 Å². The first-order valence-corrected chi connectivity index (χ1v) is 9.78. The van der Waals surface area contributed by atoms with Crippen LogP contribution in [-0.4, -0.2) is 58.7 Å². The number of anilines is 1. The average Bonchev–Trinajstić information content (AvgIpc) is 3.47. The molecule has 2 amide bonds. The summed E-state index contributed by atoms with van der Waals surface area (Å²) in [6.07, 6.45) is 6.22. The van der Waals surface area contributed by atoms with Crippen LogP contribution in [0.25, 0.3) is 0 Å². The van der Waals surface area contributed by atoms with Crippen molar-refractivity contribution in [3.8, 4) is 0 Å². The number of pyridine rings is 1. The summed E-state index contributed by atoms with van der Waals surface area (Å²) in [6, 6.07) is 4.16. The monoisotopic (exact) mass is 370 g/mol. The summed E-state index contributed by atoms with van der Waals surface area (Å²) in [5.74, 6) is 0.0582. The predicted molar refractivity (Wildman–Crippen MR) is 100 cm³/mol. The minimum absolute atomic E-state index is 0.0300. The van der Waals surface area contributed by atoms with Gasteiger partial charge in [0.2, 0.25) is 11.8 Å². The van der Waals surface area contributed by atoms with Gasteiger partial charge in [0.1, 0.15) is 5.54 Å². The third-order valence-electron chi connectivity index (χ3n) is 6.15. The van der Waals surface area contributed by atoms with Crippen molar-refractivity contribution >= 4 is 23.3 Å². The second-order valence-electron chi connectivity index (χ2n) is 7.99. The molecule has 3 aliphatic rings. The number of hydrogen-bond donors (Lipinski definition) is 1. The molecule has 0 bridgehead atoms. The van der Waals surface area contributed by atoms with Gasteiger partial charge in [-0.2, -0.15) is 0 Å². The van der Waals surface area contributed by atoms with E-state index in [1.54, 1.807) is 6.20 Å². The molecular formula is C20H26N4O3. The molecule has 1 saturated carbocycles. The van der Waals surface area contributed by atoms with E-state index in [4.69, 9.17) is 0 Å². The molecule has 7 heteroatoms. The Kier molecular flexibility index (Phi) is 4.61. The largest absolute Gasteiger partial charge is 0.364 e. The first-order valence-electron chi connectivity index (χ1n) is 9.78. The number of rotatable bonds is 5. The highest BCUT2D eigenvalue weighted by atomic mass is 16.2. The Morgan fingerprint density at radius 2 is 2.15 bits per heavy atom. The number of carbonyl (C=O) groups excluding carboxylic acids is 3. The maximum absolute atomic E-state index is 12.8. The third kappa shape index (κ3) is 3.42. The standard InChI is InChI=1S/C20H26N4O3/c1-14-13-23(9-10-24(14)16-3-2-8-21-12-16)19(27)6-7-20(15-4-5-15)17(25)11-18(26)22-20/h2-3,8,12,14-15H,4-7,9-11,13H2,1H3,(H,22,26)/t14-,20?/m0/s1. The van der Waals surface area contributed by atoms with Crippen LogP contribution >= 0.6 is 0 Å². The molecule has 2 saturated heterocycles. The molecule has 1 aromatic rings. The van der Waals surface area contributed by atoms with Gasteiger partial charge in [-0.15, -0.1) is 0 Å².